The smallest absolute Gasteiger partial charge is 0.435 e. The van der Waals surface area contributed by atoms with E-state index in [1.54, 1.807) is 0 Å². The van der Waals surface area contributed by atoms with E-state index in [4.69, 9.17) is 4.74 Å². The number of rotatable bonds is 6. The van der Waals surface area contributed by atoms with E-state index in [-0.39, 0.29) is 23.5 Å². The van der Waals surface area contributed by atoms with Crippen molar-refractivity contribution in [2.75, 3.05) is 11.9 Å². The van der Waals surface area contributed by atoms with Crippen molar-refractivity contribution >= 4 is 17.6 Å². The molecule has 0 fully saturated rings. The Morgan fingerprint density at radius 3 is 2.29 bits per heavy atom. The van der Waals surface area contributed by atoms with Gasteiger partial charge < -0.3 is 10.1 Å². The average Bonchev–Trinajstić information content (AvgIpc) is 3.19. The van der Waals surface area contributed by atoms with Gasteiger partial charge in [0.2, 0.25) is 0 Å². The third-order valence-electron chi connectivity index (χ3n) is 4.04. The van der Waals surface area contributed by atoms with E-state index in [0.29, 0.717) is 11.1 Å². The molecule has 11 heteroatoms. The number of carbonyl (C=O) groups excluding carboxylic acids is 2. The van der Waals surface area contributed by atoms with Crippen molar-refractivity contribution in [1.29, 1.82) is 0 Å². The van der Waals surface area contributed by atoms with E-state index in [1.807, 2.05) is 6.92 Å². The van der Waals surface area contributed by atoms with Crippen LogP contribution in [0.25, 0.3) is 5.69 Å². The van der Waals surface area contributed by atoms with Crippen LogP contribution in [0.15, 0.2) is 48.5 Å². The molecule has 3 rings (SSSR count). The van der Waals surface area contributed by atoms with E-state index < -0.39 is 35.3 Å². The largest absolute Gasteiger partial charge is 0.462 e. The number of hydrogen-bond donors (Lipinski definition) is 1. The van der Waals surface area contributed by atoms with Gasteiger partial charge in [-0.3, -0.25) is 4.79 Å². The number of hydrogen-bond acceptors (Lipinski definition) is 5. The Hall–Kier alpha value is -3.76. The van der Waals surface area contributed by atoms with Gasteiger partial charge in [0.15, 0.2) is 11.4 Å². The normalized spacial score (nSPS) is 11.3. The zero-order valence-electron chi connectivity index (χ0n) is 16.1. The predicted molar refractivity (Wildman–Crippen MR) is 101 cm³/mol. The van der Waals surface area contributed by atoms with E-state index in [2.05, 4.69) is 15.6 Å². The molecule has 1 heterocycles. The fourth-order valence-electron chi connectivity index (χ4n) is 2.61. The number of ether oxygens (including phenoxy) is 1. The number of benzene rings is 2. The van der Waals surface area contributed by atoms with Gasteiger partial charge in [-0.25, -0.2) is 13.9 Å². The molecule has 0 aliphatic rings. The molecule has 3 aromatic rings. The molecule has 162 valence electrons. The maximum atomic E-state index is 13.6. The highest BCUT2D eigenvalue weighted by Crippen LogP contribution is 2.33. The SMILES string of the molecule is CCCOC(=O)c1ccc(NC(=O)c2nnn(-c3ccc(F)cc3)c2C(F)(F)F)cc1. The van der Waals surface area contributed by atoms with E-state index in [9.17, 15) is 27.2 Å². The zero-order valence-corrected chi connectivity index (χ0v) is 16.1. The molecule has 0 saturated carbocycles. The fourth-order valence-corrected chi connectivity index (χ4v) is 2.61. The van der Waals surface area contributed by atoms with Gasteiger partial charge in [0, 0.05) is 5.69 Å². The number of nitrogens with zero attached hydrogens (tertiary/aromatic N) is 3. The van der Waals surface area contributed by atoms with Crippen LogP contribution in [-0.2, 0) is 10.9 Å². The Morgan fingerprint density at radius 1 is 1.06 bits per heavy atom. The molecule has 1 aromatic heterocycles. The van der Waals surface area contributed by atoms with E-state index >= 15 is 0 Å². The van der Waals surface area contributed by atoms with Crippen LogP contribution in [-0.4, -0.2) is 33.5 Å². The fraction of sp³-hybridized carbons (Fsp3) is 0.200. The van der Waals surface area contributed by atoms with Crippen LogP contribution >= 0.6 is 0 Å². The maximum Gasteiger partial charge on any atom is 0.435 e. The molecule has 0 radical (unpaired) electrons. The first-order chi connectivity index (χ1) is 14.7. The first-order valence-electron chi connectivity index (χ1n) is 9.08. The number of amides is 1. The average molecular weight is 436 g/mol. The molecule has 0 unspecified atom stereocenters. The molecular weight excluding hydrogens is 420 g/mol. The van der Waals surface area contributed by atoms with Crippen molar-refractivity contribution < 1.29 is 31.9 Å². The number of alkyl halides is 3. The van der Waals surface area contributed by atoms with Crippen LogP contribution < -0.4 is 5.32 Å². The summed E-state index contributed by atoms with van der Waals surface area (Å²) in [5.74, 6) is -2.35. The molecule has 0 bridgehead atoms. The Labute approximate surface area is 173 Å². The number of esters is 1. The van der Waals surface area contributed by atoms with E-state index in [1.165, 1.54) is 24.3 Å². The lowest BCUT2D eigenvalue weighted by Crippen LogP contribution is -2.21. The lowest BCUT2D eigenvalue weighted by atomic mass is 10.2. The van der Waals surface area contributed by atoms with Gasteiger partial charge in [0.25, 0.3) is 5.91 Å². The molecule has 1 N–H and O–H groups in total. The molecular formula is C20H16F4N4O3. The van der Waals surface area contributed by atoms with Crippen LogP contribution in [0.3, 0.4) is 0 Å². The topological polar surface area (TPSA) is 86.1 Å². The first-order valence-corrected chi connectivity index (χ1v) is 9.08. The Kier molecular flexibility index (Phi) is 6.33. The van der Waals surface area contributed by atoms with Crippen LogP contribution in [0.1, 0.15) is 39.9 Å². The minimum atomic E-state index is -4.96. The minimum Gasteiger partial charge on any atom is -0.462 e. The molecule has 2 aromatic carbocycles. The molecule has 0 saturated heterocycles. The third-order valence-corrected chi connectivity index (χ3v) is 4.04. The van der Waals surface area contributed by atoms with Crippen molar-refractivity contribution in [2.45, 2.75) is 19.5 Å². The quantitative estimate of drug-likeness (QED) is 0.461. The van der Waals surface area contributed by atoms with Crippen LogP contribution in [0, 0.1) is 5.82 Å². The monoisotopic (exact) mass is 436 g/mol. The number of carbonyl (C=O) groups is 2. The minimum absolute atomic E-state index is 0.116. The Balaban J connectivity index is 1.85. The summed E-state index contributed by atoms with van der Waals surface area (Å²) < 4.78 is 59.4. The summed E-state index contributed by atoms with van der Waals surface area (Å²) in [5, 5.41) is 9.07. The molecule has 0 aliphatic carbocycles. The van der Waals surface area contributed by atoms with Crippen LogP contribution in [0.2, 0.25) is 0 Å². The molecule has 1 amide bonds. The van der Waals surface area contributed by atoms with Crippen molar-refractivity contribution in [3.05, 3.63) is 71.3 Å². The number of aromatic nitrogens is 3. The van der Waals surface area contributed by atoms with Gasteiger partial charge in [-0.2, -0.15) is 13.2 Å². The number of halogens is 4. The zero-order chi connectivity index (χ0) is 22.6. The highest BCUT2D eigenvalue weighted by molar-refractivity contribution is 6.04. The maximum absolute atomic E-state index is 13.6. The summed E-state index contributed by atoms with van der Waals surface area (Å²) >= 11 is 0. The molecule has 0 aliphatic heterocycles. The van der Waals surface area contributed by atoms with Gasteiger partial charge in [-0.15, -0.1) is 5.10 Å². The molecule has 7 nitrogen and oxygen atoms in total. The summed E-state index contributed by atoms with van der Waals surface area (Å²) in [4.78, 5) is 24.3. The van der Waals surface area contributed by atoms with Crippen molar-refractivity contribution in [1.82, 2.24) is 15.0 Å². The highest BCUT2D eigenvalue weighted by Gasteiger charge is 2.42. The second-order valence-corrected chi connectivity index (χ2v) is 6.34. The highest BCUT2D eigenvalue weighted by atomic mass is 19.4. The lowest BCUT2D eigenvalue weighted by molar-refractivity contribution is -0.143. The number of nitrogens with one attached hydrogen (secondary N) is 1. The summed E-state index contributed by atoms with van der Waals surface area (Å²) in [6.07, 6.45) is -4.31. The molecule has 0 atom stereocenters. The van der Waals surface area contributed by atoms with Gasteiger partial charge in [0.1, 0.15) is 5.82 Å². The van der Waals surface area contributed by atoms with Gasteiger partial charge in [-0.1, -0.05) is 12.1 Å². The Morgan fingerprint density at radius 2 is 1.71 bits per heavy atom. The summed E-state index contributed by atoms with van der Waals surface area (Å²) in [7, 11) is 0. The lowest BCUT2D eigenvalue weighted by Gasteiger charge is -2.11. The molecule has 0 spiro atoms. The van der Waals surface area contributed by atoms with Gasteiger partial charge >= 0.3 is 12.1 Å². The summed E-state index contributed by atoms with van der Waals surface area (Å²) in [6, 6.07) is 9.51. The second kappa shape index (κ2) is 8.94. The van der Waals surface area contributed by atoms with Gasteiger partial charge in [-0.05, 0) is 55.0 Å². The van der Waals surface area contributed by atoms with Crippen molar-refractivity contribution in [2.24, 2.45) is 0 Å². The third kappa shape index (κ3) is 5.05. The number of anilines is 1. The van der Waals surface area contributed by atoms with Crippen molar-refractivity contribution in [3.63, 3.8) is 0 Å². The van der Waals surface area contributed by atoms with E-state index in [0.717, 1.165) is 24.3 Å². The van der Waals surface area contributed by atoms with Crippen molar-refractivity contribution in [3.8, 4) is 5.69 Å². The Bertz CT molecular complexity index is 1080. The summed E-state index contributed by atoms with van der Waals surface area (Å²) in [6.45, 7) is 2.09. The predicted octanol–water partition coefficient (Wildman–Crippen LogP) is 4.24. The van der Waals surface area contributed by atoms with Gasteiger partial charge in [0.05, 0.1) is 17.9 Å². The standard InChI is InChI=1S/C20H16F4N4O3/c1-2-11-31-19(30)12-3-7-14(8-4-12)25-18(29)16-17(20(22,23)24)28(27-26-16)15-9-5-13(21)6-10-15/h3-10H,2,11H2,1H3,(H,25,29). The summed E-state index contributed by atoms with van der Waals surface area (Å²) in [5.41, 5.74) is -2.11. The van der Waals surface area contributed by atoms with Crippen LogP contribution in [0.5, 0.6) is 0 Å². The first kappa shape index (κ1) is 21.9. The van der Waals surface area contributed by atoms with Crippen LogP contribution in [0.4, 0.5) is 23.2 Å². The molecule has 31 heavy (non-hydrogen) atoms. The second-order valence-electron chi connectivity index (χ2n) is 6.34.